The van der Waals surface area contributed by atoms with Gasteiger partial charge in [0.15, 0.2) is 0 Å². The van der Waals surface area contributed by atoms with Crippen LogP contribution in [0.25, 0.3) is 0 Å². The molecule has 0 aliphatic carbocycles. The summed E-state index contributed by atoms with van der Waals surface area (Å²) in [7, 11) is 0. The number of alkyl halides is 3. The Labute approximate surface area is 87.9 Å². The Balaban J connectivity index is 2.78. The summed E-state index contributed by atoms with van der Waals surface area (Å²) in [5.74, 6) is 0.607. The molecule has 0 saturated carbocycles. The van der Waals surface area contributed by atoms with Crippen LogP contribution in [0.1, 0.15) is 29.5 Å². The van der Waals surface area contributed by atoms with E-state index in [2.05, 4.69) is 0 Å². The zero-order valence-corrected chi connectivity index (χ0v) is 8.82. The highest BCUT2D eigenvalue weighted by Crippen LogP contribution is 2.23. The number of aryl methyl sites for hydroxylation is 2. The fourth-order valence-electron chi connectivity index (χ4n) is 1.41. The minimum absolute atomic E-state index is 0.125. The molecule has 0 aliphatic heterocycles. The Hall–Kier alpha value is -0.630. The smallest absolute Gasteiger partial charge is 0.205 e. The summed E-state index contributed by atoms with van der Waals surface area (Å²) in [5.41, 5.74) is 1.86. The van der Waals surface area contributed by atoms with Gasteiger partial charge >= 0.3 is 0 Å². The summed E-state index contributed by atoms with van der Waals surface area (Å²) in [6.45, 7) is 1.71. The lowest BCUT2D eigenvalue weighted by molar-refractivity contribution is 0.150. The third-order valence-electron chi connectivity index (χ3n) is 2.17. The number of benzene rings is 1. The van der Waals surface area contributed by atoms with E-state index >= 15 is 0 Å². The van der Waals surface area contributed by atoms with Crippen molar-refractivity contribution < 1.29 is 8.78 Å². The SMILES string of the molecule is Cc1cc(CCCCl)ccc1C(F)F. The largest absolute Gasteiger partial charge is 0.264 e. The van der Waals surface area contributed by atoms with E-state index in [0.29, 0.717) is 11.4 Å². The molecule has 78 valence electrons. The van der Waals surface area contributed by atoms with Crippen LogP contribution in [-0.4, -0.2) is 5.88 Å². The lowest BCUT2D eigenvalue weighted by atomic mass is 10.0. The Kier molecular flexibility index (Phi) is 4.33. The molecule has 14 heavy (non-hydrogen) atoms. The van der Waals surface area contributed by atoms with Gasteiger partial charge < -0.3 is 0 Å². The van der Waals surface area contributed by atoms with Crippen molar-refractivity contribution in [3.63, 3.8) is 0 Å². The van der Waals surface area contributed by atoms with Gasteiger partial charge in [-0.15, -0.1) is 11.6 Å². The van der Waals surface area contributed by atoms with E-state index in [1.807, 2.05) is 6.07 Å². The van der Waals surface area contributed by atoms with Crippen LogP contribution in [0.2, 0.25) is 0 Å². The van der Waals surface area contributed by atoms with Crippen molar-refractivity contribution in [1.29, 1.82) is 0 Å². The molecule has 0 atom stereocenters. The van der Waals surface area contributed by atoms with Crippen LogP contribution < -0.4 is 0 Å². The summed E-state index contributed by atoms with van der Waals surface area (Å²) >= 11 is 5.55. The maximum atomic E-state index is 12.4. The predicted molar refractivity (Wildman–Crippen MR) is 55.2 cm³/mol. The summed E-state index contributed by atoms with van der Waals surface area (Å²) in [6, 6.07) is 5.07. The normalized spacial score (nSPS) is 10.9. The van der Waals surface area contributed by atoms with E-state index in [4.69, 9.17) is 11.6 Å². The number of rotatable bonds is 4. The lowest BCUT2D eigenvalue weighted by Gasteiger charge is -2.07. The van der Waals surface area contributed by atoms with Gasteiger partial charge in [-0.1, -0.05) is 18.2 Å². The molecule has 0 fully saturated rings. The third kappa shape index (κ3) is 2.95. The highest BCUT2D eigenvalue weighted by Gasteiger charge is 2.09. The van der Waals surface area contributed by atoms with Crippen molar-refractivity contribution in [2.75, 3.05) is 5.88 Å². The molecule has 0 N–H and O–H groups in total. The number of halogens is 3. The van der Waals surface area contributed by atoms with Gasteiger partial charge in [0, 0.05) is 11.4 Å². The topological polar surface area (TPSA) is 0 Å². The Morgan fingerprint density at radius 1 is 1.36 bits per heavy atom. The van der Waals surface area contributed by atoms with Gasteiger partial charge in [0.05, 0.1) is 0 Å². The minimum Gasteiger partial charge on any atom is -0.205 e. The van der Waals surface area contributed by atoms with Crippen molar-refractivity contribution in [1.82, 2.24) is 0 Å². The van der Waals surface area contributed by atoms with E-state index in [9.17, 15) is 8.78 Å². The average Bonchev–Trinajstić information content (AvgIpc) is 2.14. The second-order valence-corrected chi connectivity index (χ2v) is 3.66. The van der Waals surface area contributed by atoms with Gasteiger partial charge in [-0.2, -0.15) is 0 Å². The highest BCUT2D eigenvalue weighted by atomic mass is 35.5. The fraction of sp³-hybridized carbons (Fsp3) is 0.455. The van der Waals surface area contributed by atoms with Crippen molar-refractivity contribution >= 4 is 11.6 Å². The van der Waals surface area contributed by atoms with Gasteiger partial charge in [0.1, 0.15) is 0 Å². The number of hydrogen-bond acceptors (Lipinski definition) is 0. The molecule has 0 radical (unpaired) electrons. The first kappa shape index (κ1) is 11.4. The molecule has 1 aromatic rings. The predicted octanol–water partition coefficient (Wildman–Crippen LogP) is 4.10. The molecule has 0 aliphatic rings. The molecule has 0 nitrogen and oxygen atoms in total. The monoisotopic (exact) mass is 218 g/mol. The Morgan fingerprint density at radius 2 is 2.07 bits per heavy atom. The van der Waals surface area contributed by atoms with E-state index < -0.39 is 6.43 Å². The lowest BCUT2D eigenvalue weighted by Crippen LogP contribution is -1.93. The van der Waals surface area contributed by atoms with Crippen molar-refractivity contribution in [2.24, 2.45) is 0 Å². The molecule has 0 saturated heterocycles. The van der Waals surface area contributed by atoms with Gasteiger partial charge in [0.25, 0.3) is 6.43 Å². The maximum Gasteiger partial charge on any atom is 0.264 e. The van der Waals surface area contributed by atoms with Crippen molar-refractivity contribution in [2.45, 2.75) is 26.2 Å². The molecule has 0 spiro atoms. The summed E-state index contributed by atoms with van der Waals surface area (Å²) in [4.78, 5) is 0. The molecular formula is C11H13ClF2. The van der Waals surface area contributed by atoms with Crippen LogP contribution in [0.4, 0.5) is 8.78 Å². The second kappa shape index (κ2) is 5.30. The van der Waals surface area contributed by atoms with Gasteiger partial charge in [0.2, 0.25) is 0 Å². The summed E-state index contributed by atoms with van der Waals surface area (Å²) < 4.78 is 24.8. The zero-order valence-electron chi connectivity index (χ0n) is 8.06. The van der Waals surface area contributed by atoms with Gasteiger partial charge in [-0.3, -0.25) is 0 Å². The maximum absolute atomic E-state index is 12.4. The quantitative estimate of drug-likeness (QED) is 0.668. The fourth-order valence-corrected chi connectivity index (χ4v) is 1.54. The molecule has 0 amide bonds. The van der Waals surface area contributed by atoms with E-state index in [0.717, 1.165) is 18.4 Å². The van der Waals surface area contributed by atoms with E-state index in [-0.39, 0.29) is 5.56 Å². The Bertz CT molecular complexity index is 297. The number of hydrogen-bond donors (Lipinski definition) is 0. The minimum atomic E-state index is -2.38. The molecule has 0 bridgehead atoms. The molecule has 1 aromatic carbocycles. The molecule has 3 heteroatoms. The molecular weight excluding hydrogens is 206 g/mol. The molecule has 0 heterocycles. The van der Waals surface area contributed by atoms with E-state index in [1.165, 1.54) is 6.07 Å². The van der Waals surface area contributed by atoms with Crippen LogP contribution in [0.3, 0.4) is 0 Å². The van der Waals surface area contributed by atoms with Crippen molar-refractivity contribution in [3.05, 3.63) is 34.9 Å². The third-order valence-corrected chi connectivity index (χ3v) is 2.44. The van der Waals surface area contributed by atoms with Crippen LogP contribution in [0.5, 0.6) is 0 Å². The van der Waals surface area contributed by atoms with E-state index in [1.54, 1.807) is 13.0 Å². The summed E-state index contributed by atoms with van der Waals surface area (Å²) in [6.07, 6.45) is -0.639. The molecule has 0 unspecified atom stereocenters. The second-order valence-electron chi connectivity index (χ2n) is 3.28. The summed E-state index contributed by atoms with van der Waals surface area (Å²) in [5, 5.41) is 0. The molecule has 1 rings (SSSR count). The highest BCUT2D eigenvalue weighted by molar-refractivity contribution is 6.17. The van der Waals surface area contributed by atoms with Crippen LogP contribution in [0.15, 0.2) is 18.2 Å². The Morgan fingerprint density at radius 3 is 2.57 bits per heavy atom. The zero-order chi connectivity index (χ0) is 10.6. The van der Waals surface area contributed by atoms with Crippen LogP contribution in [0, 0.1) is 6.92 Å². The first-order valence-corrected chi connectivity index (χ1v) is 5.12. The average molecular weight is 219 g/mol. The van der Waals surface area contributed by atoms with Gasteiger partial charge in [-0.25, -0.2) is 8.78 Å². The van der Waals surface area contributed by atoms with Crippen LogP contribution in [-0.2, 0) is 6.42 Å². The molecule has 0 aromatic heterocycles. The van der Waals surface area contributed by atoms with Gasteiger partial charge in [-0.05, 0) is 30.9 Å². The van der Waals surface area contributed by atoms with Crippen molar-refractivity contribution in [3.8, 4) is 0 Å². The van der Waals surface area contributed by atoms with Crippen LogP contribution >= 0.6 is 11.6 Å². The first-order valence-electron chi connectivity index (χ1n) is 4.58. The first-order chi connectivity index (χ1) is 6.65. The standard InChI is InChI=1S/C11H13ClF2/c1-8-7-9(3-2-6-12)4-5-10(8)11(13)14/h4-5,7,11H,2-3,6H2,1H3.